The van der Waals surface area contributed by atoms with Gasteiger partial charge in [-0.15, -0.1) is 0 Å². The zero-order chi connectivity index (χ0) is 13.7. The first kappa shape index (κ1) is 15.0. The first-order valence-corrected chi connectivity index (χ1v) is 5.92. The minimum Gasteiger partial charge on any atom is -0.350 e. The normalized spacial score (nSPS) is 10.0. The zero-order valence-corrected chi connectivity index (χ0v) is 11.3. The number of nitrogens with zero attached hydrogens (tertiary/aromatic N) is 1. The van der Waals surface area contributed by atoms with Gasteiger partial charge >= 0.3 is 0 Å². The number of hydrogen-bond donors (Lipinski definition) is 2. The van der Waals surface area contributed by atoms with Crippen LogP contribution < -0.4 is 5.32 Å². The first-order valence-electron chi connectivity index (χ1n) is 4.79. The number of nitrogens with one attached hydrogen (secondary N) is 1. The number of hydrogen-bond acceptors (Lipinski definition) is 3. The summed E-state index contributed by atoms with van der Waals surface area (Å²) >= 11 is 17.4. The summed E-state index contributed by atoms with van der Waals surface area (Å²) in [5.74, 6) is -0.497. The van der Waals surface area contributed by atoms with Gasteiger partial charge in [0.2, 0.25) is 6.41 Å². The van der Waals surface area contributed by atoms with Crippen LogP contribution in [0.2, 0.25) is 15.1 Å². The molecular formula is C10H9Cl3N2O3. The third kappa shape index (κ3) is 4.03. The van der Waals surface area contributed by atoms with Gasteiger partial charge in [-0.1, -0.05) is 34.8 Å². The molecule has 0 saturated heterocycles. The quantitative estimate of drug-likeness (QED) is 0.379. The molecule has 0 spiro atoms. The topological polar surface area (TPSA) is 69.6 Å². The van der Waals surface area contributed by atoms with Crippen molar-refractivity contribution in [2.75, 3.05) is 13.1 Å². The van der Waals surface area contributed by atoms with Crippen molar-refractivity contribution in [3.8, 4) is 0 Å². The molecule has 0 fully saturated rings. The highest BCUT2D eigenvalue weighted by Gasteiger charge is 2.14. The number of rotatable bonds is 5. The standard InChI is InChI=1S/C10H9Cl3N2O3/c11-6-3-7(9(13)8(12)4-6)10(17)14-1-2-15(18)5-16/h3-5,18H,1-2H2,(H,14,17). The summed E-state index contributed by atoms with van der Waals surface area (Å²) in [5.41, 5.74) is 0.129. The number of amides is 2. The maximum atomic E-state index is 11.7. The van der Waals surface area contributed by atoms with Gasteiger partial charge in [-0.3, -0.25) is 14.8 Å². The van der Waals surface area contributed by atoms with Crippen LogP contribution in [0.5, 0.6) is 0 Å². The molecule has 8 heteroatoms. The fraction of sp³-hybridized carbons (Fsp3) is 0.200. The summed E-state index contributed by atoms with van der Waals surface area (Å²) in [6, 6.07) is 2.80. The molecule has 1 aromatic rings. The molecule has 1 rings (SSSR count). The number of benzene rings is 1. The molecule has 0 heterocycles. The highest BCUT2D eigenvalue weighted by Crippen LogP contribution is 2.29. The van der Waals surface area contributed by atoms with E-state index in [1.807, 2.05) is 0 Å². The van der Waals surface area contributed by atoms with Crippen molar-refractivity contribution in [1.82, 2.24) is 10.4 Å². The third-order valence-electron chi connectivity index (χ3n) is 1.99. The lowest BCUT2D eigenvalue weighted by Gasteiger charge is -2.10. The molecule has 0 bridgehead atoms. The summed E-state index contributed by atoms with van der Waals surface area (Å²) in [7, 11) is 0. The lowest BCUT2D eigenvalue weighted by Crippen LogP contribution is -2.32. The Kier molecular flexibility index (Phi) is 5.68. The minimum atomic E-state index is -0.497. The fourth-order valence-corrected chi connectivity index (χ4v) is 1.84. The van der Waals surface area contributed by atoms with E-state index in [0.29, 0.717) is 5.06 Å². The highest BCUT2D eigenvalue weighted by molar-refractivity contribution is 6.45. The van der Waals surface area contributed by atoms with Crippen LogP contribution >= 0.6 is 34.8 Å². The summed E-state index contributed by atoms with van der Waals surface area (Å²) in [5, 5.41) is 12.2. The van der Waals surface area contributed by atoms with Gasteiger partial charge in [0.15, 0.2) is 0 Å². The number of halogens is 3. The van der Waals surface area contributed by atoms with Crippen molar-refractivity contribution in [2.45, 2.75) is 0 Å². The SMILES string of the molecule is O=CN(O)CCNC(=O)c1cc(Cl)cc(Cl)c1Cl. The molecule has 0 aliphatic heterocycles. The van der Waals surface area contributed by atoms with E-state index >= 15 is 0 Å². The van der Waals surface area contributed by atoms with E-state index in [9.17, 15) is 9.59 Å². The van der Waals surface area contributed by atoms with E-state index in [1.165, 1.54) is 12.1 Å². The Morgan fingerprint density at radius 3 is 2.67 bits per heavy atom. The molecular weight excluding hydrogens is 302 g/mol. The highest BCUT2D eigenvalue weighted by atomic mass is 35.5. The molecule has 0 aromatic heterocycles. The van der Waals surface area contributed by atoms with Crippen LogP contribution in [0.15, 0.2) is 12.1 Å². The molecule has 98 valence electrons. The number of carbonyl (C=O) groups is 2. The van der Waals surface area contributed by atoms with Crippen molar-refractivity contribution in [3.05, 3.63) is 32.8 Å². The maximum absolute atomic E-state index is 11.7. The molecule has 0 aliphatic carbocycles. The maximum Gasteiger partial charge on any atom is 0.252 e. The van der Waals surface area contributed by atoms with Gasteiger partial charge in [0.1, 0.15) is 0 Å². The van der Waals surface area contributed by atoms with Crippen molar-refractivity contribution in [1.29, 1.82) is 0 Å². The lowest BCUT2D eigenvalue weighted by atomic mass is 10.2. The molecule has 18 heavy (non-hydrogen) atoms. The van der Waals surface area contributed by atoms with Crippen LogP contribution in [0.25, 0.3) is 0 Å². The van der Waals surface area contributed by atoms with Gasteiger partial charge in [0, 0.05) is 11.6 Å². The van der Waals surface area contributed by atoms with E-state index < -0.39 is 5.91 Å². The Morgan fingerprint density at radius 2 is 2.06 bits per heavy atom. The summed E-state index contributed by atoms with van der Waals surface area (Å²) in [6.07, 6.45) is 0.232. The Hall–Kier alpha value is -1.01. The van der Waals surface area contributed by atoms with Crippen LogP contribution in [0.4, 0.5) is 0 Å². The molecule has 0 aliphatic rings. The van der Waals surface area contributed by atoms with E-state index in [-0.39, 0.29) is 40.1 Å². The van der Waals surface area contributed by atoms with E-state index in [2.05, 4.69) is 5.32 Å². The van der Waals surface area contributed by atoms with Crippen molar-refractivity contribution >= 4 is 47.1 Å². The van der Waals surface area contributed by atoms with Crippen molar-refractivity contribution < 1.29 is 14.8 Å². The van der Waals surface area contributed by atoms with Crippen LogP contribution in [0, 0.1) is 0 Å². The van der Waals surface area contributed by atoms with Crippen LogP contribution in [-0.4, -0.2) is 35.7 Å². The second-order valence-corrected chi connectivity index (χ2v) is 4.50. The molecule has 0 saturated carbocycles. The van der Waals surface area contributed by atoms with Gasteiger partial charge in [-0.2, -0.15) is 0 Å². The number of hydroxylamine groups is 2. The fourth-order valence-electron chi connectivity index (χ4n) is 1.15. The van der Waals surface area contributed by atoms with Gasteiger partial charge in [0.05, 0.1) is 22.2 Å². The summed E-state index contributed by atoms with van der Waals surface area (Å²) in [6.45, 7) is 0.0235. The molecule has 1 aromatic carbocycles. The molecule has 2 amide bonds. The number of carbonyl (C=O) groups excluding carboxylic acids is 2. The largest absolute Gasteiger partial charge is 0.350 e. The molecule has 0 unspecified atom stereocenters. The minimum absolute atomic E-state index is 0.0405. The molecule has 0 radical (unpaired) electrons. The average Bonchev–Trinajstić information content (AvgIpc) is 2.33. The zero-order valence-electron chi connectivity index (χ0n) is 8.99. The Morgan fingerprint density at radius 1 is 1.39 bits per heavy atom. The van der Waals surface area contributed by atoms with Gasteiger partial charge in [0.25, 0.3) is 5.91 Å². The summed E-state index contributed by atoms with van der Waals surface area (Å²) in [4.78, 5) is 21.8. The predicted octanol–water partition coefficient (Wildman–Crippen LogP) is 2.22. The predicted molar refractivity (Wildman–Crippen MR) is 68.4 cm³/mol. The summed E-state index contributed by atoms with van der Waals surface area (Å²) < 4.78 is 0. The van der Waals surface area contributed by atoms with Crippen molar-refractivity contribution in [3.63, 3.8) is 0 Å². The van der Waals surface area contributed by atoms with Crippen LogP contribution in [-0.2, 0) is 4.79 Å². The van der Waals surface area contributed by atoms with E-state index in [0.717, 1.165) is 0 Å². The Labute approximate surface area is 118 Å². The van der Waals surface area contributed by atoms with E-state index in [4.69, 9.17) is 40.0 Å². The van der Waals surface area contributed by atoms with Gasteiger partial charge < -0.3 is 5.32 Å². The molecule has 5 nitrogen and oxygen atoms in total. The monoisotopic (exact) mass is 310 g/mol. The molecule has 0 atom stereocenters. The smallest absolute Gasteiger partial charge is 0.252 e. The van der Waals surface area contributed by atoms with Crippen LogP contribution in [0.3, 0.4) is 0 Å². The van der Waals surface area contributed by atoms with Gasteiger partial charge in [-0.25, -0.2) is 5.06 Å². The second-order valence-electron chi connectivity index (χ2n) is 3.27. The Bertz CT molecular complexity index is 468. The van der Waals surface area contributed by atoms with Crippen molar-refractivity contribution in [2.24, 2.45) is 0 Å². The molecule has 2 N–H and O–H groups in total. The second kappa shape index (κ2) is 6.80. The Balaban J connectivity index is 2.70. The van der Waals surface area contributed by atoms with E-state index in [1.54, 1.807) is 0 Å². The van der Waals surface area contributed by atoms with Crippen LogP contribution in [0.1, 0.15) is 10.4 Å². The third-order valence-corrected chi connectivity index (χ3v) is 3.01. The lowest BCUT2D eigenvalue weighted by molar-refractivity contribution is -0.149. The van der Waals surface area contributed by atoms with Gasteiger partial charge in [-0.05, 0) is 12.1 Å². The average molecular weight is 312 g/mol. The first-order chi connectivity index (χ1) is 8.45.